The zero-order valence-electron chi connectivity index (χ0n) is 17.3. The monoisotopic (exact) mass is 463 g/mol. The summed E-state index contributed by atoms with van der Waals surface area (Å²) in [5.41, 5.74) is 9.59. The molecule has 2 N–H and O–H groups in total. The number of imidazole rings is 1. The molecule has 0 saturated heterocycles. The second-order valence-corrected chi connectivity index (χ2v) is 7.75. The van der Waals surface area contributed by atoms with Gasteiger partial charge in [-0.3, -0.25) is 4.98 Å². The predicted octanol–water partition coefficient (Wildman–Crippen LogP) is 4.66. The first-order chi connectivity index (χ1) is 15.9. The van der Waals surface area contributed by atoms with E-state index >= 15 is 0 Å². The van der Waals surface area contributed by atoms with Crippen molar-refractivity contribution in [1.82, 2.24) is 29.5 Å². The van der Waals surface area contributed by atoms with Gasteiger partial charge in [-0.1, -0.05) is 11.6 Å². The van der Waals surface area contributed by atoms with Crippen LogP contribution in [0.1, 0.15) is 17.1 Å². The number of fused-ring (bicyclic) bond motifs is 1. The molecule has 0 aliphatic carbocycles. The molecule has 0 aliphatic rings. The van der Waals surface area contributed by atoms with Gasteiger partial charge in [0.05, 0.1) is 10.5 Å². The average molecular weight is 464 g/mol. The lowest BCUT2D eigenvalue weighted by molar-refractivity contribution is 0.587. The van der Waals surface area contributed by atoms with Crippen LogP contribution >= 0.6 is 11.6 Å². The molecule has 5 rings (SSSR count). The number of hydrogen-bond donors (Lipinski definition) is 1. The maximum absolute atomic E-state index is 14.4. The van der Waals surface area contributed by atoms with Gasteiger partial charge in [0.15, 0.2) is 5.82 Å². The maximum Gasteiger partial charge on any atom is 0.182 e. The zero-order valence-corrected chi connectivity index (χ0v) is 18.1. The van der Waals surface area contributed by atoms with Gasteiger partial charge >= 0.3 is 0 Å². The predicted molar refractivity (Wildman–Crippen MR) is 121 cm³/mol. The molecule has 0 amide bonds. The fraction of sp³-hybridized carbons (Fsp3) is 0.0870. The minimum atomic E-state index is -0.708. The van der Waals surface area contributed by atoms with Crippen molar-refractivity contribution in [3.8, 4) is 22.6 Å². The molecule has 0 fully saturated rings. The van der Waals surface area contributed by atoms with Crippen molar-refractivity contribution in [2.24, 2.45) is 0 Å². The highest BCUT2D eigenvalue weighted by Gasteiger charge is 2.20. The summed E-state index contributed by atoms with van der Waals surface area (Å²) in [4.78, 5) is 17.7. The number of aromatic nitrogens is 6. The second-order valence-electron chi connectivity index (χ2n) is 7.37. The normalized spacial score (nSPS) is 11.3. The minimum Gasteiger partial charge on any atom is -0.383 e. The highest BCUT2D eigenvalue weighted by molar-refractivity contribution is 6.31. The SMILES string of the molecule is Cc1cc(-c2cnc(-c3nc(Cc4c(F)ccc(F)c4Cl)n4ncccc34)nc2N)ccn1. The van der Waals surface area contributed by atoms with Crippen LogP contribution in [0, 0.1) is 18.6 Å². The largest absolute Gasteiger partial charge is 0.383 e. The first kappa shape index (κ1) is 20.9. The van der Waals surface area contributed by atoms with Gasteiger partial charge in [0.1, 0.15) is 29.0 Å². The van der Waals surface area contributed by atoms with Gasteiger partial charge in [0, 0.05) is 41.8 Å². The highest BCUT2D eigenvalue weighted by Crippen LogP contribution is 2.30. The Balaban J connectivity index is 1.61. The first-order valence-corrected chi connectivity index (χ1v) is 10.3. The lowest BCUT2D eigenvalue weighted by atomic mass is 10.1. The van der Waals surface area contributed by atoms with Crippen LogP contribution in [0.3, 0.4) is 0 Å². The molecule has 7 nitrogen and oxygen atoms in total. The summed E-state index contributed by atoms with van der Waals surface area (Å²) in [5, 5.41) is 4.01. The van der Waals surface area contributed by atoms with Crippen molar-refractivity contribution in [1.29, 1.82) is 0 Å². The number of nitrogens with zero attached hydrogens (tertiary/aromatic N) is 6. The third-order valence-electron chi connectivity index (χ3n) is 5.19. The molecule has 0 spiro atoms. The van der Waals surface area contributed by atoms with Gasteiger partial charge in [-0.15, -0.1) is 0 Å². The van der Waals surface area contributed by atoms with E-state index in [9.17, 15) is 8.78 Å². The van der Waals surface area contributed by atoms with E-state index in [4.69, 9.17) is 17.3 Å². The number of benzene rings is 1. The summed E-state index contributed by atoms with van der Waals surface area (Å²) < 4.78 is 29.8. The van der Waals surface area contributed by atoms with Crippen molar-refractivity contribution in [3.05, 3.63) is 88.7 Å². The summed E-state index contributed by atoms with van der Waals surface area (Å²) in [5.74, 6) is -0.433. The van der Waals surface area contributed by atoms with E-state index in [-0.39, 0.29) is 28.6 Å². The Kier molecular flexibility index (Phi) is 5.18. The molecular formula is C23H16ClF2N7. The standard InChI is InChI=1S/C23H16ClF2N7/c1-12-9-13(6-8-28-12)15-11-29-23(32-22(15)27)21-18-3-2-7-30-33(18)19(31-21)10-14-16(25)4-5-17(26)20(14)24/h2-9,11H,10H2,1H3,(H2,27,29,32). The summed E-state index contributed by atoms with van der Waals surface area (Å²) in [6.07, 6.45) is 4.80. The average Bonchev–Trinajstić information content (AvgIpc) is 3.18. The fourth-order valence-electron chi connectivity index (χ4n) is 3.60. The van der Waals surface area contributed by atoms with Gasteiger partial charge < -0.3 is 5.73 Å². The Labute approximate surface area is 191 Å². The van der Waals surface area contributed by atoms with Crippen molar-refractivity contribution < 1.29 is 8.78 Å². The van der Waals surface area contributed by atoms with Crippen LogP contribution in [-0.2, 0) is 6.42 Å². The molecule has 4 aromatic heterocycles. The van der Waals surface area contributed by atoms with Crippen LogP contribution in [-0.4, -0.2) is 29.5 Å². The van der Waals surface area contributed by atoms with Gasteiger partial charge in [0.2, 0.25) is 0 Å². The van der Waals surface area contributed by atoms with E-state index in [1.165, 1.54) is 4.52 Å². The molecule has 1 aromatic carbocycles. The van der Waals surface area contributed by atoms with E-state index < -0.39 is 11.6 Å². The topological polar surface area (TPSA) is 94.9 Å². The zero-order chi connectivity index (χ0) is 23.1. The number of aryl methyl sites for hydroxylation is 1. The third-order valence-corrected chi connectivity index (χ3v) is 5.60. The number of pyridine rings is 1. The molecule has 33 heavy (non-hydrogen) atoms. The molecule has 0 bridgehead atoms. The van der Waals surface area contributed by atoms with E-state index in [0.29, 0.717) is 22.6 Å². The lowest BCUT2D eigenvalue weighted by Gasteiger charge is -2.06. The number of anilines is 1. The van der Waals surface area contributed by atoms with Gasteiger partial charge in [-0.2, -0.15) is 5.10 Å². The van der Waals surface area contributed by atoms with E-state index in [0.717, 1.165) is 23.4 Å². The Morgan fingerprint density at radius 2 is 1.85 bits per heavy atom. The number of nitrogen functional groups attached to an aromatic ring is 1. The molecule has 4 heterocycles. The molecule has 0 radical (unpaired) electrons. The van der Waals surface area contributed by atoms with Crippen LogP contribution in [0.25, 0.3) is 28.2 Å². The van der Waals surface area contributed by atoms with Gasteiger partial charge in [0.25, 0.3) is 0 Å². The molecule has 5 aromatic rings. The number of hydrogen-bond acceptors (Lipinski definition) is 6. The maximum atomic E-state index is 14.4. The molecule has 10 heteroatoms. The first-order valence-electron chi connectivity index (χ1n) is 9.93. The Bertz CT molecular complexity index is 1520. The molecule has 0 aliphatic heterocycles. The highest BCUT2D eigenvalue weighted by atomic mass is 35.5. The Hall–Kier alpha value is -3.98. The van der Waals surface area contributed by atoms with Crippen LogP contribution in [0.5, 0.6) is 0 Å². The lowest BCUT2D eigenvalue weighted by Crippen LogP contribution is -2.02. The van der Waals surface area contributed by atoms with E-state index in [1.807, 2.05) is 19.1 Å². The molecule has 0 saturated carbocycles. The van der Waals surface area contributed by atoms with Crippen LogP contribution in [0.4, 0.5) is 14.6 Å². The van der Waals surface area contributed by atoms with E-state index in [1.54, 1.807) is 30.7 Å². The smallest absolute Gasteiger partial charge is 0.182 e. The molecule has 0 atom stereocenters. The number of rotatable bonds is 4. The van der Waals surface area contributed by atoms with Crippen LogP contribution in [0.2, 0.25) is 5.02 Å². The molecular weight excluding hydrogens is 448 g/mol. The third kappa shape index (κ3) is 3.76. The number of halogens is 3. The molecule has 164 valence electrons. The summed E-state index contributed by atoms with van der Waals surface area (Å²) in [6.45, 7) is 1.88. The fourth-order valence-corrected chi connectivity index (χ4v) is 3.82. The van der Waals surface area contributed by atoms with Gasteiger partial charge in [-0.05, 0) is 48.9 Å². The summed E-state index contributed by atoms with van der Waals surface area (Å²) in [7, 11) is 0. The van der Waals surface area contributed by atoms with Crippen molar-refractivity contribution in [2.75, 3.05) is 5.73 Å². The summed E-state index contributed by atoms with van der Waals surface area (Å²) in [6, 6.07) is 9.24. The van der Waals surface area contributed by atoms with Crippen molar-refractivity contribution >= 4 is 22.9 Å². The Morgan fingerprint density at radius 1 is 1.03 bits per heavy atom. The Morgan fingerprint density at radius 3 is 2.64 bits per heavy atom. The van der Waals surface area contributed by atoms with Crippen LogP contribution < -0.4 is 5.73 Å². The summed E-state index contributed by atoms with van der Waals surface area (Å²) >= 11 is 6.01. The quantitative estimate of drug-likeness (QED) is 0.389. The van der Waals surface area contributed by atoms with Crippen molar-refractivity contribution in [2.45, 2.75) is 13.3 Å². The van der Waals surface area contributed by atoms with Crippen LogP contribution in [0.15, 0.2) is 55.0 Å². The van der Waals surface area contributed by atoms with Crippen molar-refractivity contribution in [3.63, 3.8) is 0 Å². The minimum absolute atomic E-state index is 0.00962. The van der Waals surface area contributed by atoms with Gasteiger partial charge in [-0.25, -0.2) is 28.2 Å². The van der Waals surface area contributed by atoms with E-state index in [2.05, 4.69) is 25.0 Å². The molecule has 0 unspecified atom stereocenters. The second kappa shape index (κ2) is 8.18. The number of nitrogens with two attached hydrogens (primary N) is 1.